The molecule has 0 spiro atoms. The molecule has 1 aliphatic rings. The molecule has 19 heavy (non-hydrogen) atoms. The van der Waals surface area contributed by atoms with Crippen LogP contribution in [0.15, 0.2) is 30.3 Å². The molecule has 0 aliphatic carbocycles. The Morgan fingerprint density at radius 1 is 0.947 bits per heavy atom. The molecule has 2 rings (SSSR count). The van der Waals surface area contributed by atoms with Crippen LogP contribution in [0.3, 0.4) is 0 Å². The van der Waals surface area contributed by atoms with Crippen molar-refractivity contribution >= 4 is 25.8 Å². The zero-order valence-electron chi connectivity index (χ0n) is 12.1. The first-order valence-electron chi connectivity index (χ1n) is 6.63. The quantitative estimate of drug-likeness (QED) is 0.872. The molecular formula is C12H23NO3Si3. The Morgan fingerprint density at radius 3 is 2.16 bits per heavy atom. The summed E-state index contributed by atoms with van der Waals surface area (Å²) in [6.07, 6.45) is 0.971. The molecule has 1 heterocycles. The third kappa shape index (κ3) is 4.35. The second kappa shape index (κ2) is 5.24. The fraction of sp³-hybridized carbons (Fsp3) is 0.500. The molecule has 2 N–H and O–H groups in total. The van der Waals surface area contributed by atoms with Crippen molar-refractivity contribution in [2.24, 2.45) is 5.40 Å². The number of benzene rings is 1. The van der Waals surface area contributed by atoms with Gasteiger partial charge in [0.1, 0.15) is 0 Å². The van der Waals surface area contributed by atoms with Crippen molar-refractivity contribution < 1.29 is 12.3 Å². The SMILES string of the molecule is C[Si]1(C)O[Si](C)(N)O[Si](C)(CCc2ccccc2)O1. The molecular weight excluding hydrogens is 290 g/mol. The highest BCUT2D eigenvalue weighted by Crippen LogP contribution is 2.31. The lowest BCUT2D eigenvalue weighted by molar-refractivity contribution is 0.228. The van der Waals surface area contributed by atoms with Gasteiger partial charge in [0, 0.05) is 0 Å². The molecule has 0 bridgehead atoms. The van der Waals surface area contributed by atoms with Gasteiger partial charge in [-0.05, 0) is 44.2 Å². The maximum Gasteiger partial charge on any atom is 0.401 e. The van der Waals surface area contributed by atoms with Crippen LogP contribution in [-0.4, -0.2) is 25.8 Å². The van der Waals surface area contributed by atoms with Crippen molar-refractivity contribution in [2.75, 3.05) is 0 Å². The number of aryl methyl sites for hydroxylation is 1. The monoisotopic (exact) mass is 313 g/mol. The Balaban J connectivity index is 2.05. The van der Waals surface area contributed by atoms with E-state index in [1.54, 1.807) is 0 Å². The standard InChI is InChI=1S/C12H23NO3Si3/c1-17(2)14-18(3,16-19(4,13)15-17)11-10-12-8-6-5-7-9-12/h5-9H,10-11,13H2,1-4H3. The highest BCUT2D eigenvalue weighted by atomic mass is 28.5. The van der Waals surface area contributed by atoms with Gasteiger partial charge in [0.25, 0.3) is 0 Å². The van der Waals surface area contributed by atoms with Gasteiger partial charge in [-0.15, -0.1) is 0 Å². The van der Waals surface area contributed by atoms with Crippen LogP contribution >= 0.6 is 0 Å². The zero-order valence-corrected chi connectivity index (χ0v) is 15.1. The number of rotatable bonds is 3. The van der Waals surface area contributed by atoms with E-state index in [4.69, 9.17) is 17.7 Å². The fourth-order valence-electron chi connectivity index (χ4n) is 2.62. The van der Waals surface area contributed by atoms with E-state index in [1.807, 2.05) is 12.6 Å². The topological polar surface area (TPSA) is 53.7 Å². The van der Waals surface area contributed by atoms with E-state index in [1.165, 1.54) is 5.56 Å². The maximum atomic E-state index is 6.21. The average molecular weight is 314 g/mol. The summed E-state index contributed by atoms with van der Waals surface area (Å²) < 4.78 is 18.1. The molecule has 1 fully saturated rings. The van der Waals surface area contributed by atoms with E-state index in [0.717, 1.165) is 12.5 Å². The average Bonchev–Trinajstić information content (AvgIpc) is 2.23. The molecule has 1 aromatic carbocycles. The summed E-state index contributed by atoms with van der Waals surface area (Å²) in [5.41, 5.74) is 1.31. The minimum atomic E-state index is -2.50. The Morgan fingerprint density at radius 2 is 1.58 bits per heavy atom. The molecule has 0 aromatic heterocycles. The summed E-state index contributed by atoms with van der Waals surface area (Å²) in [5, 5.41) is 6.18. The van der Waals surface area contributed by atoms with Crippen LogP contribution in [0.2, 0.25) is 32.2 Å². The summed E-state index contributed by atoms with van der Waals surface area (Å²) >= 11 is 0. The molecule has 7 heteroatoms. The van der Waals surface area contributed by atoms with Crippen molar-refractivity contribution in [2.45, 2.75) is 38.7 Å². The fourth-order valence-corrected chi connectivity index (χ4v) is 17.3. The smallest absolute Gasteiger partial charge is 0.401 e. The van der Waals surface area contributed by atoms with Crippen molar-refractivity contribution in [3.8, 4) is 0 Å². The molecule has 0 saturated carbocycles. The third-order valence-electron chi connectivity index (χ3n) is 3.04. The molecule has 2 atom stereocenters. The lowest BCUT2D eigenvalue weighted by Gasteiger charge is -2.47. The molecule has 1 aromatic rings. The maximum absolute atomic E-state index is 6.21. The number of hydrogen-bond acceptors (Lipinski definition) is 4. The van der Waals surface area contributed by atoms with Crippen LogP contribution in [0.4, 0.5) is 0 Å². The Bertz CT molecular complexity index is 423. The van der Waals surface area contributed by atoms with E-state index in [9.17, 15) is 0 Å². The van der Waals surface area contributed by atoms with E-state index < -0.39 is 25.8 Å². The van der Waals surface area contributed by atoms with Gasteiger partial charge in [-0.2, -0.15) is 0 Å². The predicted molar refractivity (Wildman–Crippen MR) is 83.1 cm³/mol. The van der Waals surface area contributed by atoms with Crippen molar-refractivity contribution in [1.82, 2.24) is 0 Å². The molecule has 1 aliphatic heterocycles. The van der Waals surface area contributed by atoms with Gasteiger partial charge in [-0.25, -0.2) is 0 Å². The first-order valence-corrected chi connectivity index (χ1v) is 14.4. The van der Waals surface area contributed by atoms with Gasteiger partial charge >= 0.3 is 25.8 Å². The minimum absolute atomic E-state index is 0.927. The van der Waals surface area contributed by atoms with Gasteiger partial charge in [0.15, 0.2) is 0 Å². The highest BCUT2D eigenvalue weighted by Gasteiger charge is 2.53. The summed E-state index contributed by atoms with van der Waals surface area (Å²) in [5.74, 6) is 0. The largest absolute Gasteiger partial charge is 0.416 e. The third-order valence-corrected chi connectivity index (χ3v) is 14.8. The number of nitrogens with two attached hydrogens (primary N) is 1. The van der Waals surface area contributed by atoms with Crippen molar-refractivity contribution in [3.05, 3.63) is 35.9 Å². The van der Waals surface area contributed by atoms with Crippen LogP contribution in [0, 0.1) is 0 Å². The second-order valence-electron chi connectivity index (χ2n) is 5.84. The van der Waals surface area contributed by atoms with Crippen LogP contribution in [0.25, 0.3) is 0 Å². The summed E-state index contributed by atoms with van der Waals surface area (Å²) in [7, 11) is -6.84. The summed E-state index contributed by atoms with van der Waals surface area (Å²) in [6.45, 7) is 8.14. The van der Waals surface area contributed by atoms with Gasteiger partial charge in [0.05, 0.1) is 0 Å². The second-order valence-corrected chi connectivity index (χ2v) is 15.9. The lowest BCUT2D eigenvalue weighted by atomic mass is 10.2. The summed E-state index contributed by atoms with van der Waals surface area (Å²) in [4.78, 5) is 0. The molecule has 4 nitrogen and oxygen atoms in total. The lowest BCUT2D eigenvalue weighted by Crippen LogP contribution is -2.70. The van der Waals surface area contributed by atoms with E-state index in [-0.39, 0.29) is 0 Å². The first-order chi connectivity index (χ1) is 8.70. The van der Waals surface area contributed by atoms with Crippen LogP contribution < -0.4 is 5.40 Å². The zero-order chi connectivity index (χ0) is 14.1. The van der Waals surface area contributed by atoms with E-state index in [2.05, 4.69) is 43.9 Å². The highest BCUT2D eigenvalue weighted by molar-refractivity contribution is 6.92. The molecule has 1 saturated heterocycles. The van der Waals surface area contributed by atoms with Crippen molar-refractivity contribution in [3.63, 3.8) is 0 Å². The van der Waals surface area contributed by atoms with Gasteiger partial charge in [-0.3, -0.25) is 0 Å². The van der Waals surface area contributed by atoms with Gasteiger partial charge < -0.3 is 17.7 Å². The van der Waals surface area contributed by atoms with E-state index in [0.29, 0.717) is 0 Å². The molecule has 0 amide bonds. The molecule has 2 unspecified atom stereocenters. The normalized spacial score (nSPS) is 34.2. The van der Waals surface area contributed by atoms with Crippen LogP contribution in [0.5, 0.6) is 0 Å². The Labute approximate surface area is 118 Å². The van der Waals surface area contributed by atoms with E-state index >= 15 is 0 Å². The van der Waals surface area contributed by atoms with Gasteiger partial charge in [0.2, 0.25) is 0 Å². The summed E-state index contributed by atoms with van der Waals surface area (Å²) in [6, 6.07) is 11.4. The Kier molecular flexibility index (Phi) is 4.17. The number of hydrogen-bond donors (Lipinski definition) is 1. The first kappa shape index (κ1) is 15.1. The predicted octanol–water partition coefficient (Wildman–Crippen LogP) is 2.59. The molecule has 0 radical (unpaired) electrons. The van der Waals surface area contributed by atoms with Crippen LogP contribution in [-0.2, 0) is 18.8 Å². The Hall–Kier alpha value is -0.289. The minimum Gasteiger partial charge on any atom is -0.416 e. The molecule has 106 valence electrons. The van der Waals surface area contributed by atoms with Crippen LogP contribution in [0.1, 0.15) is 5.56 Å². The van der Waals surface area contributed by atoms with Gasteiger partial charge in [-0.1, -0.05) is 30.3 Å². The van der Waals surface area contributed by atoms with Crippen molar-refractivity contribution in [1.29, 1.82) is 0 Å².